The minimum absolute atomic E-state index is 0.279. The van der Waals surface area contributed by atoms with Crippen LogP contribution in [-0.4, -0.2) is 24.2 Å². The summed E-state index contributed by atoms with van der Waals surface area (Å²) in [4.78, 5) is 0. The van der Waals surface area contributed by atoms with Crippen LogP contribution in [0.15, 0.2) is 44.8 Å². The topological polar surface area (TPSA) is 52.7 Å². The number of benzene rings is 1. The molecule has 5 rings (SSSR count). The SMILES string of the molecule is Clc1ccccc1N1N=N[C@H]2[C@H]3C[C@H]([C@@H]4N=N[C@H]34)[C@H]21. The van der Waals surface area contributed by atoms with Crippen molar-refractivity contribution in [2.24, 2.45) is 32.4 Å². The monoisotopic (exact) mass is 273 g/mol. The second kappa shape index (κ2) is 3.33. The van der Waals surface area contributed by atoms with Gasteiger partial charge in [-0.2, -0.15) is 15.3 Å². The number of halogens is 1. The Bertz CT molecular complexity index is 615. The number of hydrogen-bond donors (Lipinski definition) is 0. The van der Waals surface area contributed by atoms with Gasteiger partial charge in [0.25, 0.3) is 0 Å². The Morgan fingerprint density at radius 2 is 1.79 bits per heavy atom. The van der Waals surface area contributed by atoms with E-state index in [2.05, 4.69) is 20.6 Å². The van der Waals surface area contributed by atoms with Gasteiger partial charge >= 0.3 is 0 Å². The Kier molecular flexibility index (Phi) is 1.81. The number of anilines is 1. The lowest BCUT2D eigenvalue weighted by molar-refractivity contribution is 0.242. The highest BCUT2D eigenvalue weighted by Gasteiger charge is 2.65. The Balaban J connectivity index is 1.56. The van der Waals surface area contributed by atoms with Crippen LogP contribution in [0.2, 0.25) is 5.02 Å². The first kappa shape index (κ1) is 10.3. The number of azo groups is 1. The minimum Gasteiger partial charge on any atom is -0.240 e. The summed E-state index contributed by atoms with van der Waals surface area (Å²) < 4.78 is 0. The summed E-state index contributed by atoms with van der Waals surface area (Å²) >= 11 is 6.29. The number of para-hydroxylation sites is 1. The van der Waals surface area contributed by atoms with E-state index in [4.69, 9.17) is 11.6 Å². The van der Waals surface area contributed by atoms with Crippen molar-refractivity contribution < 1.29 is 0 Å². The van der Waals surface area contributed by atoms with Gasteiger partial charge in [-0.25, -0.2) is 5.01 Å². The second-order valence-corrected chi connectivity index (χ2v) is 6.16. The van der Waals surface area contributed by atoms with Gasteiger partial charge < -0.3 is 0 Å². The summed E-state index contributed by atoms with van der Waals surface area (Å²) in [6.07, 6.45) is 1.18. The maximum atomic E-state index is 6.29. The highest BCUT2D eigenvalue weighted by atomic mass is 35.5. The van der Waals surface area contributed by atoms with Crippen LogP contribution >= 0.6 is 11.6 Å². The lowest BCUT2D eigenvalue weighted by Crippen LogP contribution is -2.52. The van der Waals surface area contributed by atoms with Gasteiger partial charge in [0.2, 0.25) is 0 Å². The summed E-state index contributed by atoms with van der Waals surface area (Å²) in [7, 11) is 0. The first-order valence-corrected chi connectivity index (χ1v) is 7.07. The second-order valence-electron chi connectivity index (χ2n) is 5.76. The van der Waals surface area contributed by atoms with Crippen molar-refractivity contribution >= 4 is 17.3 Å². The largest absolute Gasteiger partial charge is 0.240 e. The third-order valence-electron chi connectivity index (χ3n) is 5.00. The molecule has 0 amide bonds. The Morgan fingerprint density at radius 1 is 1.00 bits per heavy atom. The van der Waals surface area contributed by atoms with Gasteiger partial charge in [-0.15, -0.1) is 0 Å². The molecule has 19 heavy (non-hydrogen) atoms. The molecule has 6 atom stereocenters. The van der Waals surface area contributed by atoms with Crippen LogP contribution in [0.4, 0.5) is 5.69 Å². The van der Waals surface area contributed by atoms with E-state index >= 15 is 0 Å². The molecule has 5 nitrogen and oxygen atoms in total. The van der Waals surface area contributed by atoms with Gasteiger partial charge in [0.15, 0.2) is 0 Å². The number of fused-ring (bicyclic) bond motifs is 8. The smallest absolute Gasteiger partial charge is 0.101 e. The Morgan fingerprint density at radius 3 is 2.58 bits per heavy atom. The van der Waals surface area contributed by atoms with Crippen molar-refractivity contribution in [3.63, 3.8) is 0 Å². The van der Waals surface area contributed by atoms with Gasteiger partial charge in [-0.3, -0.25) is 0 Å². The summed E-state index contributed by atoms with van der Waals surface area (Å²) in [6.45, 7) is 0. The summed E-state index contributed by atoms with van der Waals surface area (Å²) in [5.74, 6) is 1.07. The number of rotatable bonds is 1. The van der Waals surface area contributed by atoms with Gasteiger partial charge in [-0.05, 0) is 18.6 Å². The average Bonchev–Trinajstić information content (AvgIpc) is 2.98. The molecule has 0 saturated heterocycles. The third kappa shape index (κ3) is 1.13. The van der Waals surface area contributed by atoms with Crippen LogP contribution < -0.4 is 5.01 Å². The molecule has 2 aliphatic carbocycles. The molecule has 0 spiro atoms. The summed E-state index contributed by atoms with van der Waals surface area (Å²) in [5.41, 5.74) is 0.959. The number of nitrogens with zero attached hydrogens (tertiary/aromatic N) is 5. The average molecular weight is 274 g/mol. The van der Waals surface area contributed by atoms with E-state index in [0.29, 0.717) is 30.0 Å². The lowest BCUT2D eigenvalue weighted by Gasteiger charge is -2.38. The molecule has 1 aromatic carbocycles. The number of hydrogen-bond acceptors (Lipinski definition) is 5. The maximum Gasteiger partial charge on any atom is 0.101 e. The molecule has 6 heteroatoms. The molecular formula is C13H12ClN5. The molecule has 96 valence electrons. The van der Waals surface area contributed by atoms with E-state index < -0.39 is 0 Å². The van der Waals surface area contributed by atoms with E-state index in [1.165, 1.54) is 6.42 Å². The zero-order valence-electron chi connectivity index (χ0n) is 10.1. The van der Waals surface area contributed by atoms with E-state index in [1.807, 2.05) is 29.3 Å². The predicted molar refractivity (Wildman–Crippen MR) is 70.4 cm³/mol. The zero-order chi connectivity index (χ0) is 12.6. The minimum atomic E-state index is 0.279. The lowest BCUT2D eigenvalue weighted by atomic mass is 9.82. The first-order valence-electron chi connectivity index (χ1n) is 6.69. The van der Waals surface area contributed by atoms with Crippen molar-refractivity contribution in [3.8, 4) is 0 Å². The zero-order valence-corrected chi connectivity index (χ0v) is 10.9. The van der Waals surface area contributed by atoms with E-state index in [-0.39, 0.29) is 6.04 Å². The van der Waals surface area contributed by atoms with Gasteiger partial charge in [0, 0.05) is 11.8 Å². The van der Waals surface area contributed by atoms with Crippen LogP contribution in [0, 0.1) is 11.8 Å². The normalized spacial score (nSPS) is 44.4. The van der Waals surface area contributed by atoms with Crippen molar-refractivity contribution in [1.29, 1.82) is 0 Å². The highest BCUT2D eigenvalue weighted by molar-refractivity contribution is 6.33. The van der Waals surface area contributed by atoms with E-state index in [0.717, 1.165) is 10.7 Å². The van der Waals surface area contributed by atoms with Gasteiger partial charge in [-0.1, -0.05) is 29.0 Å². The molecule has 2 aliphatic heterocycles. The van der Waals surface area contributed by atoms with Gasteiger partial charge in [0.1, 0.15) is 18.1 Å². The van der Waals surface area contributed by atoms with Crippen molar-refractivity contribution in [1.82, 2.24) is 0 Å². The maximum absolute atomic E-state index is 6.29. The Hall–Kier alpha value is -1.49. The highest BCUT2D eigenvalue weighted by Crippen LogP contribution is 2.56. The van der Waals surface area contributed by atoms with E-state index in [1.54, 1.807) is 0 Å². The molecule has 4 aliphatic rings. The van der Waals surface area contributed by atoms with Crippen molar-refractivity contribution in [2.45, 2.75) is 30.6 Å². The van der Waals surface area contributed by atoms with Crippen molar-refractivity contribution in [3.05, 3.63) is 29.3 Å². The van der Waals surface area contributed by atoms with Crippen LogP contribution in [0.25, 0.3) is 0 Å². The molecule has 1 aromatic rings. The fraction of sp³-hybridized carbons (Fsp3) is 0.538. The van der Waals surface area contributed by atoms with Crippen LogP contribution in [0.5, 0.6) is 0 Å². The molecule has 0 N–H and O–H groups in total. The first-order chi connectivity index (χ1) is 9.34. The fourth-order valence-corrected chi connectivity index (χ4v) is 4.40. The van der Waals surface area contributed by atoms with Crippen molar-refractivity contribution in [2.75, 3.05) is 5.01 Å². The molecule has 0 unspecified atom stereocenters. The molecular weight excluding hydrogens is 262 g/mol. The summed E-state index contributed by atoms with van der Waals surface area (Å²) in [6, 6.07) is 9.26. The molecule has 2 saturated carbocycles. The van der Waals surface area contributed by atoms with Gasteiger partial charge in [0.05, 0.1) is 16.8 Å². The molecule has 0 aromatic heterocycles. The molecule has 2 bridgehead atoms. The standard InChI is InChI=1S/C13H12ClN5/c14-8-3-1-2-4-9(8)19-13-7-5-6(12(13)17-18-19)10-11(7)16-15-10/h1-4,6-7,10-13H,5H2/t6-,7+,10+,11-,12-,13+/m0/s1. The Labute approximate surface area is 115 Å². The predicted octanol–water partition coefficient (Wildman–Crippen LogP) is 3.12. The summed E-state index contributed by atoms with van der Waals surface area (Å²) in [5, 5.41) is 20.2. The van der Waals surface area contributed by atoms with Crippen LogP contribution in [0.3, 0.4) is 0 Å². The van der Waals surface area contributed by atoms with Crippen LogP contribution in [-0.2, 0) is 0 Å². The molecule has 0 radical (unpaired) electrons. The fourth-order valence-electron chi connectivity index (χ4n) is 4.18. The van der Waals surface area contributed by atoms with E-state index in [9.17, 15) is 0 Å². The third-order valence-corrected chi connectivity index (χ3v) is 5.31. The molecule has 2 heterocycles. The quantitative estimate of drug-likeness (QED) is 0.775. The van der Waals surface area contributed by atoms with Crippen LogP contribution in [0.1, 0.15) is 6.42 Å². The molecule has 2 fully saturated rings.